The standard InChI is InChI=1S/C19H22F2N2O4S/c1-3-23(4-2)28(25,26)17-11-5-14(6-12-17)13-22-18(24)15-7-9-16(10-8-15)27-19(20)21/h5-12,19H,3-4,13H2,1-2H3,(H,22,24). The molecule has 0 aliphatic heterocycles. The molecule has 0 aliphatic rings. The Hall–Kier alpha value is -2.52. The maximum Gasteiger partial charge on any atom is 0.387 e. The van der Waals surface area contributed by atoms with Crippen LogP contribution < -0.4 is 10.1 Å². The van der Waals surface area contributed by atoms with Gasteiger partial charge in [-0.05, 0) is 42.0 Å². The van der Waals surface area contributed by atoms with Gasteiger partial charge >= 0.3 is 6.61 Å². The Bertz CT molecular complexity index is 881. The summed E-state index contributed by atoms with van der Waals surface area (Å²) in [5, 5.41) is 2.69. The van der Waals surface area contributed by atoms with Crippen molar-refractivity contribution >= 4 is 15.9 Å². The highest BCUT2D eigenvalue weighted by Gasteiger charge is 2.21. The second-order valence-electron chi connectivity index (χ2n) is 5.82. The van der Waals surface area contributed by atoms with Crippen LogP contribution in [0.25, 0.3) is 0 Å². The summed E-state index contributed by atoms with van der Waals surface area (Å²) in [6, 6.07) is 11.6. The second-order valence-corrected chi connectivity index (χ2v) is 7.76. The van der Waals surface area contributed by atoms with Crippen molar-refractivity contribution in [3.63, 3.8) is 0 Å². The van der Waals surface area contributed by atoms with E-state index in [-0.39, 0.29) is 23.1 Å². The summed E-state index contributed by atoms with van der Waals surface area (Å²) < 4.78 is 54.8. The fourth-order valence-electron chi connectivity index (χ4n) is 2.56. The van der Waals surface area contributed by atoms with Crippen LogP contribution in [0.3, 0.4) is 0 Å². The first-order valence-corrected chi connectivity index (χ1v) is 10.1. The van der Waals surface area contributed by atoms with Gasteiger partial charge < -0.3 is 10.1 Å². The number of nitrogens with zero attached hydrogens (tertiary/aromatic N) is 1. The lowest BCUT2D eigenvalue weighted by Gasteiger charge is -2.18. The number of benzene rings is 2. The monoisotopic (exact) mass is 412 g/mol. The topological polar surface area (TPSA) is 75.7 Å². The van der Waals surface area contributed by atoms with E-state index in [4.69, 9.17) is 0 Å². The summed E-state index contributed by atoms with van der Waals surface area (Å²) in [5.74, 6) is -0.417. The Morgan fingerprint density at radius 3 is 2.11 bits per heavy atom. The molecular weight excluding hydrogens is 390 g/mol. The predicted octanol–water partition coefficient (Wildman–Crippen LogP) is 3.25. The molecule has 0 aromatic heterocycles. The lowest BCUT2D eigenvalue weighted by atomic mass is 10.2. The van der Waals surface area contributed by atoms with E-state index < -0.39 is 16.6 Å². The number of amides is 1. The van der Waals surface area contributed by atoms with Crippen LogP contribution in [0, 0.1) is 0 Å². The van der Waals surface area contributed by atoms with Crippen LogP contribution in [0.4, 0.5) is 8.78 Å². The SMILES string of the molecule is CCN(CC)S(=O)(=O)c1ccc(CNC(=O)c2ccc(OC(F)F)cc2)cc1. The lowest BCUT2D eigenvalue weighted by Crippen LogP contribution is -2.30. The second kappa shape index (κ2) is 9.61. The summed E-state index contributed by atoms with van der Waals surface area (Å²) in [6.07, 6.45) is 0. The van der Waals surface area contributed by atoms with Crippen molar-refractivity contribution in [1.29, 1.82) is 0 Å². The molecule has 1 amide bonds. The largest absolute Gasteiger partial charge is 0.435 e. The Morgan fingerprint density at radius 2 is 1.61 bits per heavy atom. The zero-order valence-electron chi connectivity index (χ0n) is 15.6. The minimum absolute atomic E-state index is 0.0310. The molecule has 0 radical (unpaired) electrons. The quantitative estimate of drug-likeness (QED) is 0.686. The molecule has 0 spiro atoms. The number of nitrogens with one attached hydrogen (secondary N) is 1. The van der Waals surface area contributed by atoms with Crippen LogP contribution in [-0.2, 0) is 16.6 Å². The minimum atomic E-state index is -3.52. The van der Waals surface area contributed by atoms with Gasteiger partial charge in [-0.3, -0.25) is 4.79 Å². The number of carbonyl (C=O) groups is 1. The first kappa shape index (κ1) is 21.8. The van der Waals surface area contributed by atoms with E-state index in [1.54, 1.807) is 26.0 Å². The van der Waals surface area contributed by atoms with Crippen molar-refractivity contribution in [2.24, 2.45) is 0 Å². The van der Waals surface area contributed by atoms with Gasteiger partial charge in [0.25, 0.3) is 5.91 Å². The summed E-state index contributed by atoms with van der Waals surface area (Å²) >= 11 is 0. The molecule has 152 valence electrons. The smallest absolute Gasteiger partial charge is 0.387 e. The molecule has 2 rings (SSSR count). The number of hydrogen-bond donors (Lipinski definition) is 1. The molecule has 2 aromatic carbocycles. The molecular formula is C19H22F2N2O4S. The van der Waals surface area contributed by atoms with Gasteiger partial charge in [0.05, 0.1) is 4.90 Å². The molecule has 28 heavy (non-hydrogen) atoms. The number of carbonyl (C=O) groups excluding carboxylic acids is 1. The number of sulfonamides is 1. The van der Waals surface area contributed by atoms with Crippen molar-refractivity contribution in [3.05, 3.63) is 59.7 Å². The van der Waals surface area contributed by atoms with E-state index in [1.165, 1.54) is 40.7 Å². The van der Waals surface area contributed by atoms with Gasteiger partial charge in [0.1, 0.15) is 5.75 Å². The van der Waals surface area contributed by atoms with Crippen LogP contribution in [0.15, 0.2) is 53.4 Å². The molecule has 0 saturated carbocycles. The zero-order chi connectivity index (χ0) is 20.7. The number of rotatable bonds is 9. The number of ether oxygens (including phenoxy) is 1. The first-order chi connectivity index (χ1) is 13.3. The molecule has 0 unspecified atom stereocenters. The Kier molecular flexibility index (Phi) is 7.47. The maximum absolute atomic E-state index is 12.5. The Balaban J connectivity index is 1.98. The molecule has 0 atom stereocenters. The summed E-state index contributed by atoms with van der Waals surface area (Å²) in [6.45, 7) is 1.59. The summed E-state index contributed by atoms with van der Waals surface area (Å²) in [5.41, 5.74) is 1.02. The fraction of sp³-hybridized carbons (Fsp3) is 0.316. The van der Waals surface area contributed by atoms with Gasteiger partial charge in [-0.2, -0.15) is 13.1 Å². The van der Waals surface area contributed by atoms with E-state index in [0.29, 0.717) is 18.7 Å². The van der Waals surface area contributed by atoms with Crippen molar-refractivity contribution in [2.45, 2.75) is 31.9 Å². The average Bonchev–Trinajstić information content (AvgIpc) is 2.67. The van der Waals surface area contributed by atoms with Crippen LogP contribution in [-0.4, -0.2) is 38.3 Å². The molecule has 0 bridgehead atoms. The third kappa shape index (κ3) is 5.49. The van der Waals surface area contributed by atoms with Crippen molar-refractivity contribution in [2.75, 3.05) is 13.1 Å². The fourth-order valence-corrected chi connectivity index (χ4v) is 4.02. The van der Waals surface area contributed by atoms with Crippen molar-refractivity contribution < 1.29 is 26.7 Å². The molecule has 0 saturated heterocycles. The Morgan fingerprint density at radius 1 is 1.04 bits per heavy atom. The van der Waals surface area contributed by atoms with Crippen LogP contribution in [0.1, 0.15) is 29.8 Å². The number of hydrogen-bond acceptors (Lipinski definition) is 4. The molecule has 0 fully saturated rings. The van der Waals surface area contributed by atoms with Crippen LogP contribution in [0.5, 0.6) is 5.75 Å². The van der Waals surface area contributed by atoms with Crippen molar-refractivity contribution in [3.8, 4) is 5.75 Å². The predicted molar refractivity (Wildman–Crippen MR) is 101 cm³/mol. The van der Waals surface area contributed by atoms with E-state index in [2.05, 4.69) is 10.1 Å². The third-order valence-corrected chi connectivity index (χ3v) is 6.13. The molecule has 2 aromatic rings. The van der Waals surface area contributed by atoms with E-state index in [1.807, 2.05) is 0 Å². The normalized spacial score (nSPS) is 11.6. The highest BCUT2D eigenvalue weighted by atomic mass is 32.2. The highest BCUT2D eigenvalue weighted by Crippen LogP contribution is 2.17. The number of halogens is 2. The Labute approximate surface area is 163 Å². The van der Waals surface area contributed by atoms with E-state index >= 15 is 0 Å². The third-order valence-electron chi connectivity index (χ3n) is 4.06. The summed E-state index contributed by atoms with van der Waals surface area (Å²) in [4.78, 5) is 12.3. The molecule has 6 nitrogen and oxygen atoms in total. The summed E-state index contributed by atoms with van der Waals surface area (Å²) in [7, 11) is -3.52. The molecule has 9 heteroatoms. The van der Waals surface area contributed by atoms with Gasteiger partial charge in [0, 0.05) is 25.2 Å². The van der Waals surface area contributed by atoms with E-state index in [0.717, 1.165) is 5.56 Å². The highest BCUT2D eigenvalue weighted by molar-refractivity contribution is 7.89. The minimum Gasteiger partial charge on any atom is -0.435 e. The van der Waals surface area contributed by atoms with Gasteiger partial charge in [0.15, 0.2) is 0 Å². The van der Waals surface area contributed by atoms with Gasteiger partial charge in [0.2, 0.25) is 10.0 Å². The van der Waals surface area contributed by atoms with Gasteiger partial charge in [-0.15, -0.1) is 0 Å². The first-order valence-electron chi connectivity index (χ1n) is 8.70. The maximum atomic E-state index is 12.5. The molecule has 0 heterocycles. The zero-order valence-corrected chi connectivity index (χ0v) is 16.4. The van der Waals surface area contributed by atoms with Gasteiger partial charge in [-0.1, -0.05) is 26.0 Å². The average molecular weight is 412 g/mol. The number of alkyl halides is 2. The lowest BCUT2D eigenvalue weighted by molar-refractivity contribution is -0.0498. The van der Waals surface area contributed by atoms with E-state index in [9.17, 15) is 22.0 Å². The van der Waals surface area contributed by atoms with Gasteiger partial charge in [-0.25, -0.2) is 8.42 Å². The van der Waals surface area contributed by atoms with Crippen LogP contribution >= 0.6 is 0 Å². The van der Waals surface area contributed by atoms with Crippen molar-refractivity contribution in [1.82, 2.24) is 9.62 Å². The molecule has 0 aliphatic carbocycles. The molecule has 1 N–H and O–H groups in total. The van der Waals surface area contributed by atoms with Crippen LogP contribution in [0.2, 0.25) is 0 Å².